The Labute approximate surface area is 164 Å². The summed E-state index contributed by atoms with van der Waals surface area (Å²) in [7, 11) is 0. The van der Waals surface area contributed by atoms with Crippen LogP contribution in [0.2, 0.25) is 0 Å². The van der Waals surface area contributed by atoms with Crippen molar-refractivity contribution in [2.75, 3.05) is 0 Å². The van der Waals surface area contributed by atoms with Gasteiger partial charge in [0.2, 0.25) is 5.91 Å². The second-order valence-corrected chi connectivity index (χ2v) is 7.30. The first-order valence-electron chi connectivity index (χ1n) is 9.29. The van der Waals surface area contributed by atoms with E-state index in [1.165, 1.54) is 0 Å². The minimum absolute atomic E-state index is 0.0162. The number of aryl methyl sites for hydroxylation is 2. The van der Waals surface area contributed by atoms with Crippen molar-refractivity contribution in [3.8, 4) is 6.07 Å². The molecular formula is C23H22N2O3. The number of nitrogens with zero attached hydrogens (tertiary/aromatic N) is 1. The van der Waals surface area contributed by atoms with Crippen LogP contribution in [0, 0.1) is 31.1 Å². The zero-order valence-electron chi connectivity index (χ0n) is 16.0. The van der Waals surface area contributed by atoms with Crippen molar-refractivity contribution >= 4 is 17.5 Å². The molecule has 2 unspecified atom stereocenters. The summed E-state index contributed by atoms with van der Waals surface area (Å²) in [4.78, 5) is 37.7. The van der Waals surface area contributed by atoms with E-state index in [0.717, 1.165) is 22.3 Å². The highest BCUT2D eigenvalue weighted by Gasteiger charge is 2.43. The van der Waals surface area contributed by atoms with Crippen LogP contribution >= 0.6 is 0 Å². The summed E-state index contributed by atoms with van der Waals surface area (Å²) in [6.45, 7) is 4.13. The number of carbonyl (C=O) groups is 3. The topological polar surface area (TPSA) is 87.0 Å². The third kappa shape index (κ3) is 4.01. The molecule has 0 aliphatic heterocycles. The smallest absolute Gasteiger partial charge is 0.221 e. The van der Waals surface area contributed by atoms with E-state index in [1.54, 1.807) is 24.3 Å². The van der Waals surface area contributed by atoms with Gasteiger partial charge in [-0.2, -0.15) is 5.26 Å². The fourth-order valence-electron chi connectivity index (χ4n) is 3.81. The van der Waals surface area contributed by atoms with Crippen molar-refractivity contribution in [1.29, 1.82) is 5.26 Å². The van der Waals surface area contributed by atoms with Gasteiger partial charge in [-0.05, 0) is 48.2 Å². The van der Waals surface area contributed by atoms with Crippen molar-refractivity contribution in [2.24, 2.45) is 5.92 Å². The van der Waals surface area contributed by atoms with Gasteiger partial charge in [-0.15, -0.1) is 0 Å². The van der Waals surface area contributed by atoms with E-state index in [-0.39, 0.29) is 30.3 Å². The Morgan fingerprint density at radius 2 is 1.75 bits per heavy atom. The molecule has 0 bridgehead atoms. The standard InChI is InChI=1S/C23H22N2O3/c1-14-4-3-5-15(2)21(14)22-19(26)10-18(23(22)28)11-20(27)25-13-17-8-6-16(12-24)7-9-17/h3-9,18,22H,10-11,13H2,1-2H3,(H,25,27). The number of hydrogen-bond acceptors (Lipinski definition) is 4. The van der Waals surface area contributed by atoms with Crippen LogP contribution in [-0.4, -0.2) is 17.5 Å². The summed E-state index contributed by atoms with van der Waals surface area (Å²) < 4.78 is 0. The van der Waals surface area contributed by atoms with Gasteiger partial charge in [0.15, 0.2) is 5.78 Å². The van der Waals surface area contributed by atoms with Gasteiger partial charge in [0, 0.05) is 25.3 Å². The minimum Gasteiger partial charge on any atom is -0.352 e. The van der Waals surface area contributed by atoms with Crippen LogP contribution in [-0.2, 0) is 20.9 Å². The molecule has 1 aliphatic rings. The molecule has 2 atom stereocenters. The molecule has 2 aromatic rings. The summed E-state index contributed by atoms with van der Waals surface area (Å²) in [5, 5.41) is 11.6. The lowest BCUT2D eigenvalue weighted by Crippen LogP contribution is -2.27. The monoisotopic (exact) mass is 374 g/mol. The SMILES string of the molecule is Cc1cccc(C)c1C1C(=O)CC(CC(=O)NCc2ccc(C#N)cc2)C1=O. The van der Waals surface area contributed by atoms with E-state index in [1.807, 2.05) is 38.1 Å². The molecule has 1 fully saturated rings. The van der Waals surface area contributed by atoms with Crippen LogP contribution in [0.3, 0.4) is 0 Å². The summed E-state index contributed by atoms with van der Waals surface area (Å²) in [5.74, 6) is -1.84. The summed E-state index contributed by atoms with van der Waals surface area (Å²) >= 11 is 0. The first-order valence-corrected chi connectivity index (χ1v) is 9.29. The largest absolute Gasteiger partial charge is 0.352 e. The van der Waals surface area contributed by atoms with Gasteiger partial charge in [0.25, 0.3) is 0 Å². The number of ketones is 2. The van der Waals surface area contributed by atoms with Gasteiger partial charge in [-0.1, -0.05) is 30.3 Å². The molecule has 142 valence electrons. The molecule has 0 heterocycles. The van der Waals surface area contributed by atoms with E-state index in [9.17, 15) is 14.4 Å². The zero-order chi connectivity index (χ0) is 20.3. The predicted molar refractivity (Wildman–Crippen MR) is 104 cm³/mol. The maximum Gasteiger partial charge on any atom is 0.221 e. The Morgan fingerprint density at radius 1 is 1.11 bits per heavy atom. The number of rotatable bonds is 5. The van der Waals surface area contributed by atoms with Crippen LogP contribution in [0.15, 0.2) is 42.5 Å². The number of carbonyl (C=O) groups excluding carboxylic acids is 3. The average Bonchev–Trinajstić information content (AvgIpc) is 2.94. The normalized spacial score (nSPS) is 18.8. The van der Waals surface area contributed by atoms with Crippen molar-refractivity contribution in [3.63, 3.8) is 0 Å². The van der Waals surface area contributed by atoms with Gasteiger partial charge in [-0.3, -0.25) is 14.4 Å². The molecular weight excluding hydrogens is 352 g/mol. The molecule has 1 N–H and O–H groups in total. The first kappa shape index (κ1) is 19.5. The molecule has 3 rings (SSSR count). The van der Waals surface area contributed by atoms with Gasteiger partial charge < -0.3 is 5.32 Å². The number of nitriles is 1. The fourth-order valence-corrected chi connectivity index (χ4v) is 3.81. The fraction of sp³-hybridized carbons (Fsp3) is 0.304. The van der Waals surface area contributed by atoms with Crippen molar-refractivity contribution in [1.82, 2.24) is 5.32 Å². The molecule has 28 heavy (non-hydrogen) atoms. The molecule has 5 heteroatoms. The molecule has 0 saturated heterocycles. The maximum absolute atomic E-state index is 12.9. The number of hydrogen-bond donors (Lipinski definition) is 1. The maximum atomic E-state index is 12.9. The molecule has 5 nitrogen and oxygen atoms in total. The summed E-state index contributed by atoms with van der Waals surface area (Å²) in [6, 6.07) is 14.7. The predicted octanol–water partition coefficient (Wildman–Crippen LogP) is 3.12. The van der Waals surface area contributed by atoms with Crippen LogP contribution in [0.5, 0.6) is 0 Å². The molecule has 1 saturated carbocycles. The highest BCUT2D eigenvalue weighted by Crippen LogP contribution is 2.36. The van der Waals surface area contributed by atoms with E-state index >= 15 is 0 Å². The van der Waals surface area contributed by atoms with Gasteiger partial charge in [0.1, 0.15) is 11.7 Å². The lowest BCUT2D eigenvalue weighted by Gasteiger charge is -2.15. The molecule has 0 spiro atoms. The molecule has 0 radical (unpaired) electrons. The number of Topliss-reactive ketones (excluding diaryl/α,β-unsaturated/α-hetero) is 2. The van der Waals surface area contributed by atoms with Gasteiger partial charge in [-0.25, -0.2) is 0 Å². The van der Waals surface area contributed by atoms with Crippen molar-refractivity contribution < 1.29 is 14.4 Å². The quantitative estimate of drug-likeness (QED) is 0.815. The number of benzene rings is 2. The molecule has 1 aliphatic carbocycles. The Morgan fingerprint density at radius 3 is 2.36 bits per heavy atom. The zero-order valence-corrected chi connectivity index (χ0v) is 16.0. The van der Waals surface area contributed by atoms with E-state index in [0.29, 0.717) is 12.1 Å². The highest BCUT2D eigenvalue weighted by atomic mass is 16.2. The Kier molecular flexibility index (Phi) is 5.70. The third-order valence-electron chi connectivity index (χ3n) is 5.29. The minimum atomic E-state index is -0.752. The summed E-state index contributed by atoms with van der Waals surface area (Å²) in [5.41, 5.74) is 4.07. The number of nitrogens with one attached hydrogen (secondary N) is 1. The van der Waals surface area contributed by atoms with Crippen molar-refractivity contribution in [2.45, 2.75) is 39.2 Å². The lowest BCUT2D eigenvalue weighted by molar-refractivity contribution is -0.128. The average molecular weight is 374 g/mol. The van der Waals surface area contributed by atoms with E-state index in [4.69, 9.17) is 5.26 Å². The van der Waals surface area contributed by atoms with Crippen molar-refractivity contribution in [3.05, 3.63) is 70.3 Å². The van der Waals surface area contributed by atoms with Gasteiger partial charge >= 0.3 is 0 Å². The first-order chi connectivity index (χ1) is 13.4. The van der Waals surface area contributed by atoms with Crippen LogP contribution in [0.1, 0.15) is 46.6 Å². The molecule has 1 amide bonds. The second kappa shape index (κ2) is 8.18. The van der Waals surface area contributed by atoms with Crippen LogP contribution in [0.4, 0.5) is 0 Å². The van der Waals surface area contributed by atoms with E-state index < -0.39 is 11.8 Å². The Hall–Kier alpha value is -3.26. The Bertz CT molecular complexity index is 950. The van der Waals surface area contributed by atoms with Crippen LogP contribution in [0.25, 0.3) is 0 Å². The van der Waals surface area contributed by atoms with Gasteiger partial charge in [0.05, 0.1) is 11.6 Å². The van der Waals surface area contributed by atoms with E-state index in [2.05, 4.69) is 5.32 Å². The number of amides is 1. The second-order valence-electron chi connectivity index (χ2n) is 7.30. The molecule has 0 aromatic heterocycles. The lowest BCUT2D eigenvalue weighted by atomic mass is 9.87. The van der Waals surface area contributed by atoms with Crippen LogP contribution < -0.4 is 5.32 Å². The highest BCUT2D eigenvalue weighted by molar-refractivity contribution is 6.15. The Balaban J connectivity index is 1.63. The summed E-state index contributed by atoms with van der Waals surface area (Å²) in [6.07, 6.45) is 0.129. The third-order valence-corrected chi connectivity index (χ3v) is 5.29. The molecule has 2 aromatic carbocycles.